The first-order valence-corrected chi connectivity index (χ1v) is 8.01. The summed E-state index contributed by atoms with van der Waals surface area (Å²) in [5, 5.41) is 12.8. The van der Waals surface area contributed by atoms with Crippen LogP contribution in [0.2, 0.25) is 0 Å². The molecule has 0 saturated heterocycles. The van der Waals surface area contributed by atoms with E-state index in [4.69, 9.17) is 0 Å². The maximum atomic E-state index is 13.2. The first kappa shape index (κ1) is 14.7. The van der Waals surface area contributed by atoms with Gasteiger partial charge in [0, 0.05) is 10.4 Å². The van der Waals surface area contributed by atoms with E-state index in [-0.39, 0.29) is 11.5 Å². The fraction of sp³-hybridized carbons (Fsp3) is 0.294. The second-order valence-corrected chi connectivity index (χ2v) is 6.74. The van der Waals surface area contributed by atoms with Gasteiger partial charge in [0.05, 0.1) is 5.56 Å². The van der Waals surface area contributed by atoms with Crippen LogP contribution in [0.4, 0.5) is 9.39 Å². The van der Waals surface area contributed by atoms with E-state index >= 15 is 0 Å². The van der Waals surface area contributed by atoms with Crippen LogP contribution >= 0.6 is 11.3 Å². The smallest absolute Gasteiger partial charge is 0.256 e. The molecule has 5 heteroatoms. The number of nitrogens with zero attached hydrogens (tertiary/aromatic N) is 1. The van der Waals surface area contributed by atoms with Crippen LogP contribution < -0.4 is 5.32 Å². The van der Waals surface area contributed by atoms with Crippen LogP contribution in [0.25, 0.3) is 0 Å². The molecule has 1 atom stereocenters. The Balaban J connectivity index is 1.90. The van der Waals surface area contributed by atoms with Crippen LogP contribution in [-0.2, 0) is 12.8 Å². The highest BCUT2D eigenvalue weighted by atomic mass is 32.1. The number of hydrogen-bond donors (Lipinski definition) is 1. The highest BCUT2D eigenvalue weighted by Gasteiger charge is 2.25. The Labute approximate surface area is 132 Å². The van der Waals surface area contributed by atoms with Gasteiger partial charge in [-0.05, 0) is 48.9 Å². The normalized spacial score (nSPS) is 16.7. The van der Waals surface area contributed by atoms with Gasteiger partial charge in [0.2, 0.25) is 0 Å². The maximum absolute atomic E-state index is 13.2. The van der Waals surface area contributed by atoms with Gasteiger partial charge in [0.25, 0.3) is 5.91 Å². The third-order valence-corrected chi connectivity index (χ3v) is 5.14. The molecule has 0 unspecified atom stereocenters. The van der Waals surface area contributed by atoms with Gasteiger partial charge in [0.15, 0.2) is 0 Å². The van der Waals surface area contributed by atoms with E-state index in [2.05, 4.69) is 18.3 Å². The average Bonchev–Trinajstić information content (AvgIpc) is 2.83. The molecule has 22 heavy (non-hydrogen) atoms. The number of halogens is 1. The van der Waals surface area contributed by atoms with Gasteiger partial charge in [-0.2, -0.15) is 5.26 Å². The number of rotatable bonds is 2. The van der Waals surface area contributed by atoms with Crippen molar-refractivity contribution in [3.05, 3.63) is 51.7 Å². The molecule has 3 rings (SSSR count). The SMILES string of the molecule is C[C@@H]1CCc2sc(NC(=O)c3cccc(F)c3)c(C#N)c2C1. The summed E-state index contributed by atoms with van der Waals surface area (Å²) in [5.41, 5.74) is 1.89. The Morgan fingerprint density at radius 2 is 2.32 bits per heavy atom. The molecule has 1 heterocycles. The molecule has 0 spiro atoms. The van der Waals surface area contributed by atoms with Gasteiger partial charge in [-0.25, -0.2) is 4.39 Å². The summed E-state index contributed by atoms with van der Waals surface area (Å²) >= 11 is 1.47. The van der Waals surface area contributed by atoms with E-state index in [1.807, 2.05) is 0 Å². The number of aryl methyl sites for hydroxylation is 1. The Morgan fingerprint density at radius 3 is 3.05 bits per heavy atom. The minimum Gasteiger partial charge on any atom is -0.312 e. The van der Waals surface area contributed by atoms with Crippen molar-refractivity contribution in [2.24, 2.45) is 5.92 Å². The lowest BCUT2D eigenvalue weighted by atomic mass is 9.88. The molecule has 112 valence electrons. The molecule has 0 bridgehead atoms. The number of carbonyl (C=O) groups excluding carboxylic acids is 1. The molecule has 2 aromatic rings. The quantitative estimate of drug-likeness (QED) is 0.906. The van der Waals surface area contributed by atoms with Gasteiger partial charge in [-0.3, -0.25) is 4.79 Å². The molecule has 0 fully saturated rings. The summed E-state index contributed by atoms with van der Waals surface area (Å²) in [6.45, 7) is 2.17. The molecule has 1 aromatic carbocycles. The highest BCUT2D eigenvalue weighted by molar-refractivity contribution is 7.16. The maximum Gasteiger partial charge on any atom is 0.256 e. The summed E-state index contributed by atoms with van der Waals surface area (Å²) < 4.78 is 13.2. The van der Waals surface area contributed by atoms with Crippen LogP contribution in [0.1, 0.15) is 39.7 Å². The average molecular weight is 314 g/mol. The molecular formula is C17H15FN2OS. The number of benzene rings is 1. The topological polar surface area (TPSA) is 52.9 Å². The fourth-order valence-corrected chi connectivity index (χ4v) is 3.96. The second-order valence-electron chi connectivity index (χ2n) is 5.63. The number of carbonyl (C=O) groups is 1. The number of hydrogen-bond acceptors (Lipinski definition) is 3. The summed E-state index contributed by atoms with van der Waals surface area (Å²) in [6, 6.07) is 7.75. The van der Waals surface area contributed by atoms with Crippen molar-refractivity contribution < 1.29 is 9.18 Å². The zero-order valence-corrected chi connectivity index (χ0v) is 13.0. The van der Waals surface area contributed by atoms with Crippen LogP contribution in [0.5, 0.6) is 0 Å². The van der Waals surface area contributed by atoms with E-state index in [0.29, 0.717) is 16.5 Å². The lowest BCUT2D eigenvalue weighted by Crippen LogP contribution is -2.12. The second kappa shape index (κ2) is 5.90. The Bertz CT molecular complexity index is 775. The molecule has 0 saturated carbocycles. The number of nitriles is 1. The fourth-order valence-electron chi connectivity index (χ4n) is 2.77. The number of thiophene rings is 1. The predicted octanol–water partition coefficient (Wildman–Crippen LogP) is 4.14. The first-order chi connectivity index (χ1) is 10.6. The van der Waals surface area contributed by atoms with Crippen molar-refractivity contribution in [2.75, 3.05) is 5.32 Å². The van der Waals surface area contributed by atoms with Crippen molar-refractivity contribution in [3.63, 3.8) is 0 Å². The number of nitrogens with one attached hydrogen (secondary N) is 1. The Morgan fingerprint density at radius 1 is 1.50 bits per heavy atom. The van der Waals surface area contributed by atoms with Gasteiger partial charge in [0.1, 0.15) is 16.9 Å². The van der Waals surface area contributed by atoms with Crippen molar-refractivity contribution >= 4 is 22.2 Å². The largest absolute Gasteiger partial charge is 0.312 e. The number of fused-ring (bicyclic) bond motifs is 1. The van der Waals surface area contributed by atoms with Crippen molar-refractivity contribution in [3.8, 4) is 6.07 Å². The molecule has 1 N–H and O–H groups in total. The first-order valence-electron chi connectivity index (χ1n) is 7.20. The molecular weight excluding hydrogens is 299 g/mol. The molecule has 1 aliphatic carbocycles. The van der Waals surface area contributed by atoms with Crippen molar-refractivity contribution in [2.45, 2.75) is 26.2 Å². The summed E-state index contributed by atoms with van der Waals surface area (Å²) in [6.07, 6.45) is 2.94. The monoisotopic (exact) mass is 314 g/mol. The van der Waals surface area contributed by atoms with E-state index in [9.17, 15) is 14.4 Å². The van der Waals surface area contributed by atoms with Gasteiger partial charge in [-0.1, -0.05) is 13.0 Å². The van der Waals surface area contributed by atoms with Crippen LogP contribution in [0.15, 0.2) is 24.3 Å². The molecule has 1 amide bonds. The van der Waals surface area contributed by atoms with Crippen molar-refractivity contribution in [1.29, 1.82) is 5.26 Å². The third kappa shape index (κ3) is 2.75. The molecule has 0 radical (unpaired) electrons. The molecule has 1 aromatic heterocycles. The Hall–Kier alpha value is -2.19. The lowest BCUT2D eigenvalue weighted by molar-refractivity contribution is 0.102. The van der Waals surface area contributed by atoms with E-state index < -0.39 is 5.82 Å². The third-order valence-electron chi connectivity index (χ3n) is 3.93. The van der Waals surface area contributed by atoms with E-state index in [1.54, 1.807) is 6.07 Å². The van der Waals surface area contributed by atoms with Gasteiger partial charge in [-0.15, -0.1) is 11.3 Å². The van der Waals surface area contributed by atoms with Crippen LogP contribution in [0.3, 0.4) is 0 Å². The van der Waals surface area contributed by atoms with Crippen LogP contribution in [0, 0.1) is 23.1 Å². The van der Waals surface area contributed by atoms with E-state index in [1.165, 1.54) is 34.4 Å². The lowest BCUT2D eigenvalue weighted by Gasteiger charge is -2.17. The van der Waals surface area contributed by atoms with Crippen LogP contribution in [-0.4, -0.2) is 5.91 Å². The summed E-state index contributed by atoms with van der Waals surface area (Å²) in [5.74, 6) is -0.281. The van der Waals surface area contributed by atoms with Gasteiger partial charge >= 0.3 is 0 Å². The zero-order chi connectivity index (χ0) is 15.7. The molecule has 1 aliphatic rings. The summed E-state index contributed by atoms with van der Waals surface area (Å²) in [4.78, 5) is 13.4. The van der Waals surface area contributed by atoms with Crippen molar-refractivity contribution in [1.82, 2.24) is 0 Å². The van der Waals surface area contributed by atoms with Gasteiger partial charge < -0.3 is 5.32 Å². The zero-order valence-electron chi connectivity index (χ0n) is 12.1. The minimum absolute atomic E-state index is 0.253. The highest BCUT2D eigenvalue weighted by Crippen LogP contribution is 2.39. The molecule has 0 aliphatic heterocycles. The minimum atomic E-state index is -0.451. The van der Waals surface area contributed by atoms with E-state index in [0.717, 1.165) is 24.8 Å². The summed E-state index contributed by atoms with van der Waals surface area (Å²) in [7, 11) is 0. The predicted molar refractivity (Wildman–Crippen MR) is 84.6 cm³/mol. The Kier molecular flexibility index (Phi) is 3.95. The number of amides is 1. The standard InChI is InChI=1S/C17H15FN2OS/c1-10-5-6-15-13(7-10)14(9-19)17(22-15)20-16(21)11-3-2-4-12(18)8-11/h2-4,8,10H,5-7H2,1H3,(H,20,21)/t10-/m1/s1. The number of anilines is 1. The molecule has 3 nitrogen and oxygen atoms in total.